The molecule has 16 heteroatoms. The molecule has 1 saturated heterocycles. The Balaban J connectivity index is 0.851. The number of rotatable bonds is 30. The number of nitrogens with zero attached hydrogens (tertiary/aromatic N) is 1. The first kappa shape index (κ1) is 56.2. The highest BCUT2D eigenvalue weighted by molar-refractivity contribution is 6.10. The quantitative estimate of drug-likeness (QED) is 0.0152. The van der Waals surface area contributed by atoms with Crippen molar-refractivity contribution in [2.45, 2.75) is 38.2 Å². The Morgan fingerprint density at radius 3 is 1.94 bits per heavy atom. The number of esters is 1. The van der Waals surface area contributed by atoms with Crippen molar-refractivity contribution in [3.05, 3.63) is 143 Å². The van der Waals surface area contributed by atoms with Crippen LogP contribution in [0.5, 0.6) is 17.2 Å². The van der Waals surface area contributed by atoms with Crippen molar-refractivity contribution in [1.82, 2.24) is 0 Å². The Morgan fingerprint density at radius 2 is 1.34 bits per heavy atom. The van der Waals surface area contributed by atoms with Crippen molar-refractivity contribution in [2.75, 3.05) is 124 Å². The number of carboxylic acid groups (broad SMARTS) is 1. The standard InChI is InChI=1S/C61H69NO15/c1-42(2)59(66)75-36-34-73-32-30-71-28-26-69-25-27-70-29-31-72-33-35-74-47(40-63)37-43(58(64)65)41-76-46-17-15-45(16-18-46)61(44-11-7-6-8-12-44)20-19-49-56-55(48-13-9-10-14-52(48)60(56,3)4)50-38-53(62-21-23-68-24-22-62)54(67-5)39-51(50)57(49)77-61/h6-20,38-39,43H,1,21-37,41H2,2-5H3,(H,64,65). The predicted molar refractivity (Wildman–Crippen MR) is 291 cm³/mol. The number of carboxylic acids is 1. The highest BCUT2D eigenvalue weighted by Crippen LogP contribution is 2.59. The SMILES string of the molecule is C=C(C)C(=O)OCCOCCOCCOCCOCCOCCOC(=C=O)CC(COc1ccc(C2(c3ccccc3)C=Cc3c4c(c5cc(N6CCOCC6)c(OC)cc5c3O2)-c2ccccc2C4(C)C)cc1)C(=O)O. The Bertz CT molecular complexity index is 2910. The first-order chi connectivity index (χ1) is 37.5. The number of aliphatic carboxylic acids is 1. The monoisotopic (exact) mass is 1060 g/mol. The summed E-state index contributed by atoms with van der Waals surface area (Å²) in [6.45, 7) is 15.7. The lowest BCUT2D eigenvalue weighted by molar-refractivity contribution is -0.143. The smallest absolute Gasteiger partial charge is 0.333 e. The average Bonchev–Trinajstić information content (AvgIpc) is 3.83. The maximum absolute atomic E-state index is 12.4. The Morgan fingerprint density at radius 1 is 0.753 bits per heavy atom. The summed E-state index contributed by atoms with van der Waals surface area (Å²) in [5, 5.41) is 12.2. The van der Waals surface area contributed by atoms with Crippen LogP contribution in [0.3, 0.4) is 0 Å². The van der Waals surface area contributed by atoms with Gasteiger partial charge in [0.05, 0.1) is 98.0 Å². The summed E-state index contributed by atoms with van der Waals surface area (Å²) in [6.07, 6.45) is 4.12. The first-order valence-corrected chi connectivity index (χ1v) is 26.1. The molecule has 1 fully saturated rings. The van der Waals surface area contributed by atoms with Crippen LogP contribution in [0.4, 0.5) is 5.69 Å². The van der Waals surface area contributed by atoms with E-state index in [0.717, 1.165) is 57.7 Å². The van der Waals surface area contributed by atoms with Crippen LogP contribution in [-0.2, 0) is 63.3 Å². The maximum atomic E-state index is 12.4. The van der Waals surface area contributed by atoms with Gasteiger partial charge in [0.25, 0.3) is 0 Å². The summed E-state index contributed by atoms with van der Waals surface area (Å²) >= 11 is 0. The van der Waals surface area contributed by atoms with Gasteiger partial charge >= 0.3 is 11.9 Å². The molecule has 0 aromatic heterocycles. The van der Waals surface area contributed by atoms with Gasteiger partial charge in [0.15, 0.2) is 17.3 Å². The molecule has 3 aliphatic rings. The molecule has 0 radical (unpaired) electrons. The lowest BCUT2D eigenvalue weighted by Gasteiger charge is -2.39. The van der Waals surface area contributed by atoms with Gasteiger partial charge in [0.1, 0.15) is 37.1 Å². The van der Waals surface area contributed by atoms with Crippen molar-refractivity contribution in [1.29, 1.82) is 0 Å². The van der Waals surface area contributed by atoms with Crippen molar-refractivity contribution >= 4 is 40.4 Å². The fourth-order valence-corrected chi connectivity index (χ4v) is 9.93. The van der Waals surface area contributed by atoms with Crippen molar-refractivity contribution in [3.8, 4) is 28.4 Å². The molecule has 1 aliphatic carbocycles. The van der Waals surface area contributed by atoms with Crippen molar-refractivity contribution in [3.63, 3.8) is 0 Å². The van der Waals surface area contributed by atoms with E-state index >= 15 is 0 Å². The van der Waals surface area contributed by atoms with E-state index in [4.69, 9.17) is 52.1 Å². The molecule has 2 aliphatic heterocycles. The second-order valence-corrected chi connectivity index (χ2v) is 19.3. The van der Waals surface area contributed by atoms with Gasteiger partial charge in [-0.1, -0.05) is 93.2 Å². The fourth-order valence-electron chi connectivity index (χ4n) is 9.93. The minimum atomic E-state index is -1.15. The number of fused-ring (bicyclic) bond motifs is 8. The van der Waals surface area contributed by atoms with Crippen LogP contribution in [0.15, 0.2) is 115 Å². The Kier molecular flexibility index (Phi) is 19.6. The number of methoxy groups -OCH3 is 1. The summed E-state index contributed by atoms with van der Waals surface area (Å²) in [6, 6.07) is 30.6. The van der Waals surface area contributed by atoms with Crippen LogP contribution in [0.25, 0.3) is 28.0 Å². The number of anilines is 1. The molecule has 2 atom stereocenters. The highest BCUT2D eigenvalue weighted by atomic mass is 16.6. The van der Waals surface area contributed by atoms with Crippen LogP contribution >= 0.6 is 0 Å². The molecule has 0 amide bonds. The third kappa shape index (κ3) is 13.4. The van der Waals surface area contributed by atoms with Crippen LogP contribution in [0, 0.1) is 5.92 Å². The second kappa shape index (κ2) is 26.8. The number of ether oxygens (including phenoxy) is 11. The lowest BCUT2D eigenvalue weighted by Crippen LogP contribution is -2.36. The molecule has 0 bridgehead atoms. The molecule has 8 rings (SSSR count). The highest BCUT2D eigenvalue weighted by Gasteiger charge is 2.44. The van der Waals surface area contributed by atoms with E-state index in [1.807, 2.05) is 30.3 Å². The maximum Gasteiger partial charge on any atom is 0.333 e. The molecular formula is C61H69NO15. The molecule has 1 N–H and O–H groups in total. The largest absolute Gasteiger partial charge is 0.495 e. The van der Waals surface area contributed by atoms with Gasteiger partial charge in [0, 0.05) is 52.6 Å². The summed E-state index contributed by atoms with van der Waals surface area (Å²) < 4.78 is 63.4. The number of allylic oxidation sites excluding steroid dienone is 1. The van der Waals surface area contributed by atoms with Crippen molar-refractivity contribution < 1.29 is 71.6 Å². The normalized spacial score (nSPS) is 16.3. The van der Waals surface area contributed by atoms with E-state index in [2.05, 4.69) is 86.0 Å². The Labute approximate surface area is 450 Å². The zero-order valence-corrected chi connectivity index (χ0v) is 44.4. The third-order valence-electron chi connectivity index (χ3n) is 13.8. The lowest BCUT2D eigenvalue weighted by atomic mass is 9.76. The molecule has 2 heterocycles. The number of hydrogen-bond donors (Lipinski definition) is 1. The molecule has 2 unspecified atom stereocenters. The number of benzene rings is 5. The van der Waals surface area contributed by atoms with E-state index in [9.17, 15) is 19.5 Å². The van der Waals surface area contributed by atoms with Crippen molar-refractivity contribution in [2.24, 2.45) is 5.92 Å². The summed E-state index contributed by atoms with van der Waals surface area (Å²) in [5.74, 6) is 0.863. The van der Waals surface area contributed by atoms with Crippen LogP contribution < -0.4 is 19.1 Å². The number of hydrogen-bond acceptors (Lipinski definition) is 15. The van der Waals surface area contributed by atoms with Gasteiger partial charge in [-0.2, -0.15) is 0 Å². The predicted octanol–water partition coefficient (Wildman–Crippen LogP) is 8.74. The van der Waals surface area contributed by atoms with Crippen LogP contribution in [0.2, 0.25) is 0 Å². The molecular weight excluding hydrogens is 987 g/mol. The van der Waals surface area contributed by atoms with Gasteiger partial charge in [-0.3, -0.25) is 4.79 Å². The topological polar surface area (TPSA) is 176 Å². The fraction of sp³-hybridized carbons (Fsp3) is 0.410. The van der Waals surface area contributed by atoms with Gasteiger partial charge < -0.3 is 62.1 Å². The molecule has 77 heavy (non-hydrogen) atoms. The molecule has 5 aromatic rings. The van der Waals surface area contributed by atoms with Gasteiger partial charge in [0.2, 0.25) is 0 Å². The molecule has 16 nitrogen and oxygen atoms in total. The molecule has 0 saturated carbocycles. The van der Waals surface area contributed by atoms with Crippen LogP contribution in [0.1, 0.15) is 55.0 Å². The number of carbonyl (C=O) groups is 2. The second-order valence-electron chi connectivity index (χ2n) is 19.3. The van der Waals surface area contributed by atoms with Crippen LogP contribution in [-0.4, -0.2) is 142 Å². The van der Waals surface area contributed by atoms with Gasteiger partial charge in [-0.05, 0) is 64.9 Å². The zero-order valence-electron chi connectivity index (χ0n) is 44.4. The summed E-state index contributed by atoms with van der Waals surface area (Å²) in [7, 11) is 1.71. The van der Waals surface area contributed by atoms with Gasteiger partial charge in [-0.15, -0.1) is 0 Å². The number of morpholine rings is 1. The first-order valence-electron chi connectivity index (χ1n) is 26.1. The summed E-state index contributed by atoms with van der Waals surface area (Å²) in [4.78, 5) is 37.9. The molecule has 408 valence electrons. The van der Waals surface area contributed by atoms with E-state index in [1.54, 1.807) is 32.1 Å². The van der Waals surface area contributed by atoms with E-state index in [0.29, 0.717) is 70.8 Å². The molecule has 0 spiro atoms. The Hall–Kier alpha value is -7.01. The zero-order chi connectivity index (χ0) is 54.2. The average molecular weight is 1060 g/mol. The number of carbonyl (C=O) groups excluding carboxylic acids is 2. The third-order valence-corrected chi connectivity index (χ3v) is 13.8. The van der Waals surface area contributed by atoms with Gasteiger partial charge in [-0.25, -0.2) is 9.59 Å². The minimum Gasteiger partial charge on any atom is -0.495 e. The molecule has 5 aromatic carbocycles. The van der Waals surface area contributed by atoms with E-state index < -0.39 is 23.5 Å². The van der Waals surface area contributed by atoms with E-state index in [1.165, 1.54) is 22.3 Å². The summed E-state index contributed by atoms with van der Waals surface area (Å²) in [5.41, 5.74) is 7.59. The minimum absolute atomic E-state index is 0.0205. The van der Waals surface area contributed by atoms with E-state index in [-0.39, 0.29) is 57.2 Å².